The van der Waals surface area contributed by atoms with Gasteiger partial charge in [0.25, 0.3) is 0 Å². The maximum Gasteiger partial charge on any atom is 0.322 e. The van der Waals surface area contributed by atoms with Gasteiger partial charge in [0, 0.05) is 21.3 Å². The van der Waals surface area contributed by atoms with Crippen LogP contribution < -0.4 is 10.6 Å². The third-order valence-electron chi connectivity index (χ3n) is 7.10. The third kappa shape index (κ3) is 3.55. The number of urea groups is 1. The molecule has 1 aliphatic carbocycles. The summed E-state index contributed by atoms with van der Waals surface area (Å²) in [4.78, 5) is 28.1. The van der Waals surface area contributed by atoms with Gasteiger partial charge < -0.3 is 15.5 Å². The van der Waals surface area contributed by atoms with Gasteiger partial charge in [-0.1, -0.05) is 43.7 Å². The van der Waals surface area contributed by atoms with E-state index in [4.69, 9.17) is 11.6 Å². The minimum Gasteiger partial charge on any atom is -0.309 e. The molecule has 0 bridgehead atoms. The molecule has 166 valence electrons. The predicted molar refractivity (Wildman–Crippen MR) is 126 cm³/mol. The Labute approximate surface area is 188 Å². The highest BCUT2D eigenvalue weighted by molar-refractivity contribution is 6.83. The molecule has 1 aromatic carbocycles. The molecule has 0 radical (unpaired) electrons. The topological polar surface area (TPSA) is 90.1 Å². The quantitative estimate of drug-likeness (QED) is 0.523. The summed E-state index contributed by atoms with van der Waals surface area (Å²) in [7, 11) is -1.69. The van der Waals surface area contributed by atoms with Crippen LogP contribution in [0.1, 0.15) is 44.4 Å². The van der Waals surface area contributed by atoms with Crippen LogP contribution in [0.15, 0.2) is 24.3 Å². The fourth-order valence-corrected chi connectivity index (χ4v) is 7.56. The van der Waals surface area contributed by atoms with Crippen molar-refractivity contribution < 1.29 is 9.59 Å². The Kier molecular flexibility index (Phi) is 5.21. The second-order valence-corrected chi connectivity index (χ2v) is 16.0. The van der Waals surface area contributed by atoms with Crippen LogP contribution in [0.4, 0.5) is 16.3 Å². The van der Waals surface area contributed by atoms with E-state index >= 15 is 0 Å². The molecule has 1 fully saturated rings. The lowest BCUT2D eigenvalue weighted by Gasteiger charge is -2.48. The van der Waals surface area contributed by atoms with Gasteiger partial charge in [0.2, 0.25) is 5.91 Å². The van der Waals surface area contributed by atoms with Gasteiger partial charge in [-0.3, -0.25) is 9.89 Å². The van der Waals surface area contributed by atoms with Crippen LogP contribution in [0.2, 0.25) is 29.7 Å². The molecule has 7 nitrogen and oxygen atoms in total. The molecule has 2 aromatic rings. The van der Waals surface area contributed by atoms with Crippen molar-refractivity contribution in [2.75, 3.05) is 10.6 Å². The zero-order chi connectivity index (χ0) is 22.6. The first-order valence-corrected chi connectivity index (χ1v) is 14.6. The van der Waals surface area contributed by atoms with Crippen LogP contribution in [0.5, 0.6) is 0 Å². The lowest BCUT2D eigenvalue weighted by atomic mass is 9.83. The number of nitrogens with one attached hydrogen (secondary N) is 3. The lowest BCUT2D eigenvalue weighted by molar-refractivity contribution is -0.121. The summed E-state index contributed by atoms with van der Waals surface area (Å²) in [6.45, 7) is 11.1. The number of hydrogen-bond acceptors (Lipinski definition) is 3. The highest BCUT2D eigenvalue weighted by atomic mass is 35.5. The SMILES string of the molecule is CC1(C)c2[nH]nc(NC(=O)C3([Si](C)(C)C)CCC3)c2CN1C(=O)Nc1cccc(Cl)c1. The zero-order valence-corrected chi connectivity index (χ0v) is 20.5. The van der Waals surface area contributed by atoms with Gasteiger partial charge in [0.05, 0.1) is 25.9 Å². The second kappa shape index (κ2) is 7.38. The molecule has 4 rings (SSSR count). The van der Waals surface area contributed by atoms with Crippen LogP contribution in [0, 0.1) is 0 Å². The predicted octanol–water partition coefficient (Wildman–Crippen LogP) is 5.55. The maximum absolute atomic E-state index is 13.3. The molecule has 9 heteroatoms. The molecular formula is C22H30ClN5O2Si. The first-order valence-electron chi connectivity index (χ1n) is 10.7. The fraction of sp³-hybridized carbons (Fsp3) is 0.500. The van der Waals surface area contributed by atoms with E-state index < -0.39 is 13.6 Å². The third-order valence-corrected chi connectivity index (χ3v) is 10.9. The zero-order valence-electron chi connectivity index (χ0n) is 18.7. The average molecular weight is 460 g/mol. The van der Waals surface area contributed by atoms with Crippen molar-refractivity contribution in [3.05, 3.63) is 40.5 Å². The summed E-state index contributed by atoms with van der Waals surface area (Å²) in [6, 6.07) is 6.84. The van der Waals surface area contributed by atoms with Gasteiger partial charge in [-0.15, -0.1) is 0 Å². The highest BCUT2D eigenvalue weighted by Crippen LogP contribution is 2.56. The van der Waals surface area contributed by atoms with Crippen LogP contribution >= 0.6 is 11.6 Å². The van der Waals surface area contributed by atoms with E-state index in [1.165, 1.54) is 0 Å². The van der Waals surface area contributed by atoms with E-state index in [0.717, 1.165) is 30.5 Å². The minimum atomic E-state index is -1.69. The van der Waals surface area contributed by atoms with Crippen molar-refractivity contribution >= 4 is 43.1 Å². The van der Waals surface area contributed by atoms with E-state index in [1.54, 1.807) is 29.2 Å². The summed E-state index contributed by atoms with van der Waals surface area (Å²) < 4.78 is 0. The Balaban J connectivity index is 1.54. The standard InChI is InChI=1S/C22H30ClN5O2Si/c1-21(2)17-16(13-28(21)20(30)24-15-9-6-8-14(23)12-15)18(27-26-17)25-19(29)22(10-7-11-22)31(3,4)5/h6,8-9,12H,7,10-11,13H2,1-5H3,(H,24,30)(H2,25,26,27,29). The van der Waals surface area contributed by atoms with Crippen molar-refractivity contribution in [2.24, 2.45) is 0 Å². The van der Waals surface area contributed by atoms with E-state index in [1.807, 2.05) is 13.8 Å². The number of benzene rings is 1. The summed E-state index contributed by atoms with van der Waals surface area (Å²) in [5.41, 5.74) is 1.75. The molecule has 0 unspecified atom stereocenters. The molecular weight excluding hydrogens is 430 g/mol. The smallest absolute Gasteiger partial charge is 0.309 e. The highest BCUT2D eigenvalue weighted by Gasteiger charge is 2.54. The Bertz CT molecular complexity index is 1040. The number of aromatic nitrogens is 2. The number of carbonyl (C=O) groups is 2. The summed E-state index contributed by atoms with van der Waals surface area (Å²) >= 11 is 6.04. The molecule has 3 N–H and O–H groups in total. The van der Waals surface area contributed by atoms with E-state index in [9.17, 15) is 9.59 Å². The first-order chi connectivity index (χ1) is 14.5. The number of rotatable bonds is 4. The molecule has 3 amide bonds. The van der Waals surface area contributed by atoms with E-state index in [2.05, 4.69) is 40.5 Å². The molecule has 2 heterocycles. The first kappa shape index (κ1) is 21.9. The number of fused-ring (bicyclic) bond motifs is 1. The van der Waals surface area contributed by atoms with E-state index in [-0.39, 0.29) is 17.0 Å². The molecule has 1 aromatic heterocycles. The van der Waals surface area contributed by atoms with Gasteiger partial charge in [0.1, 0.15) is 0 Å². The maximum atomic E-state index is 13.3. The lowest BCUT2D eigenvalue weighted by Crippen LogP contribution is -2.52. The fourth-order valence-electron chi connectivity index (χ4n) is 4.78. The average Bonchev–Trinajstić information content (AvgIpc) is 3.11. The number of halogens is 1. The van der Waals surface area contributed by atoms with Gasteiger partial charge in [-0.2, -0.15) is 5.10 Å². The Hall–Kier alpha value is -2.32. The van der Waals surface area contributed by atoms with Crippen molar-refractivity contribution in [1.82, 2.24) is 15.1 Å². The second-order valence-electron chi connectivity index (χ2n) is 10.2. The molecule has 31 heavy (non-hydrogen) atoms. The molecule has 0 saturated heterocycles. The summed E-state index contributed by atoms with van der Waals surface area (Å²) in [5, 5.41) is 13.8. The largest absolute Gasteiger partial charge is 0.322 e. The van der Waals surface area contributed by atoms with Crippen molar-refractivity contribution in [2.45, 2.75) is 69.9 Å². The molecule has 0 spiro atoms. The Morgan fingerprint density at radius 2 is 1.90 bits per heavy atom. The number of hydrogen-bond donors (Lipinski definition) is 3. The van der Waals surface area contributed by atoms with Crippen LogP contribution in [0.3, 0.4) is 0 Å². The Morgan fingerprint density at radius 1 is 1.19 bits per heavy atom. The number of anilines is 2. The molecule has 1 aliphatic heterocycles. The van der Waals surface area contributed by atoms with Gasteiger partial charge in [-0.25, -0.2) is 4.79 Å². The van der Waals surface area contributed by atoms with Gasteiger partial charge >= 0.3 is 6.03 Å². The number of aromatic amines is 1. The molecule has 2 aliphatic rings. The Morgan fingerprint density at radius 3 is 2.48 bits per heavy atom. The number of nitrogens with zero attached hydrogens (tertiary/aromatic N) is 2. The normalized spacial score (nSPS) is 18.8. The number of carbonyl (C=O) groups excluding carboxylic acids is 2. The van der Waals surface area contributed by atoms with Crippen molar-refractivity contribution in [3.8, 4) is 0 Å². The van der Waals surface area contributed by atoms with Crippen LogP contribution in [-0.4, -0.2) is 35.1 Å². The summed E-state index contributed by atoms with van der Waals surface area (Å²) in [5.74, 6) is 0.613. The number of H-pyrrole nitrogens is 1. The van der Waals surface area contributed by atoms with Gasteiger partial charge in [-0.05, 0) is 44.9 Å². The van der Waals surface area contributed by atoms with Crippen LogP contribution in [0.25, 0.3) is 0 Å². The van der Waals surface area contributed by atoms with Crippen molar-refractivity contribution in [1.29, 1.82) is 0 Å². The summed E-state index contributed by atoms with van der Waals surface area (Å²) in [6.07, 6.45) is 2.99. The van der Waals surface area contributed by atoms with Crippen LogP contribution in [-0.2, 0) is 16.9 Å². The molecule has 0 atom stereocenters. The van der Waals surface area contributed by atoms with E-state index in [0.29, 0.717) is 23.1 Å². The van der Waals surface area contributed by atoms with Gasteiger partial charge in [0.15, 0.2) is 5.82 Å². The minimum absolute atomic E-state index is 0.0758. The molecule has 1 saturated carbocycles. The number of amides is 3. The monoisotopic (exact) mass is 459 g/mol. The van der Waals surface area contributed by atoms with Crippen molar-refractivity contribution in [3.63, 3.8) is 0 Å².